The molecule has 0 radical (unpaired) electrons. The molecule has 1 atom stereocenters. The first-order valence-corrected chi connectivity index (χ1v) is 13.3. The third-order valence-corrected chi connectivity index (χ3v) is 7.42. The molecule has 0 aliphatic rings. The van der Waals surface area contributed by atoms with Crippen LogP contribution in [0.3, 0.4) is 0 Å². The summed E-state index contributed by atoms with van der Waals surface area (Å²) in [6.45, 7) is 1.90. The number of nitrogens with zero attached hydrogens (tertiary/aromatic N) is 2. The van der Waals surface area contributed by atoms with Gasteiger partial charge in [-0.1, -0.05) is 60.7 Å². The van der Waals surface area contributed by atoms with Crippen molar-refractivity contribution >= 4 is 33.6 Å². The Morgan fingerprint density at radius 1 is 0.881 bits per heavy atom. The molecular formula is C34H25F2N3O3. The lowest BCUT2D eigenvalue weighted by Crippen LogP contribution is -2.27. The van der Waals surface area contributed by atoms with Crippen LogP contribution in [0, 0.1) is 11.6 Å². The van der Waals surface area contributed by atoms with Crippen molar-refractivity contribution in [2.75, 3.05) is 0 Å². The van der Waals surface area contributed by atoms with Crippen LogP contribution in [0.2, 0.25) is 0 Å². The molecule has 0 saturated heterocycles. The Morgan fingerprint density at radius 2 is 1.62 bits per heavy atom. The molecule has 6 rings (SSSR count). The van der Waals surface area contributed by atoms with E-state index in [1.54, 1.807) is 66.3 Å². The summed E-state index contributed by atoms with van der Waals surface area (Å²) in [5.41, 5.74) is 3.57. The van der Waals surface area contributed by atoms with Crippen molar-refractivity contribution in [3.63, 3.8) is 0 Å². The van der Waals surface area contributed by atoms with E-state index < -0.39 is 12.0 Å². The standard InChI is InChI=1S/C34H25F2N3O3/c1-20(21-6-9-24(10-7-21)34(41)42)38-33(40)30-17-26(22-12-14-28(35)15-13-22)16-27-18-37-39(32(27)30)19-25-11-8-23-4-2-3-5-29(23)31(25)36/h2-18,20H,19H2,1H3,(H,38,40)(H,41,42)/t20-/m0/s1. The largest absolute Gasteiger partial charge is 0.478 e. The molecule has 1 aromatic heterocycles. The summed E-state index contributed by atoms with van der Waals surface area (Å²) < 4.78 is 30.7. The fourth-order valence-electron chi connectivity index (χ4n) is 5.17. The molecule has 1 heterocycles. The maximum absolute atomic E-state index is 15.5. The number of carbonyl (C=O) groups excluding carboxylic acids is 1. The molecule has 2 N–H and O–H groups in total. The van der Waals surface area contributed by atoms with Gasteiger partial charge in [0.25, 0.3) is 5.91 Å². The summed E-state index contributed by atoms with van der Waals surface area (Å²) in [5, 5.41) is 18.7. The second-order valence-corrected chi connectivity index (χ2v) is 10.2. The highest BCUT2D eigenvalue weighted by molar-refractivity contribution is 6.07. The first kappa shape index (κ1) is 26.8. The normalized spacial score (nSPS) is 12.0. The highest BCUT2D eigenvalue weighted by Crippen LogP contribution is 2.30. The third kappa shape index (κ3) is 5.10. The summed E-state index contributed by atoms with van der Waals surface area (Å²) in [6, 6.07) is 26.2. The number of hydrogen-bond donors (Lipinski definition) is 2. The predicted octanol–water partition coefficient (Wildman–Crippen LogP) is 7.37. The van der Waals surface area contributed by atoms with E-state index in [4.69, 9.17) is 0 Å². The third-order valence-electron chi connectivity index (χ3n) is 7.42. The molecule has 6 aromatic rings. The van der Waals surface area contributed by atoms with Crippen LogP contribution in [-0.2, 0) is 6.54 Å². The topological polar surface area (TPSA) is 84.2 Å². The number of carbonyl (C=O) groups is 2. The molecule has 42 heavy (non-hydrogen) atoms. The molecule has 1 amide bonds. The minimum Gasteiger partial charge on any atom is -0.478 e. The number of aromatic nitrogens is 2. The molecule has 0 saturated carbocycles. The van der Waals surface area contributed by atoms with Crippen molar-refractivity contribution in [3.8, 4) is 11.1 Å². The molecule has 0 bridgehead atoms. The Morgan fingerprint density at radius 3 is 2.36 bits per heavy atom. The monoisotopic (exact) mass is 561 g/mol. The second-order valence-electron chi connectivity index (χ2n) is 10.2. The summed E-state index contributed by atoms with van der Waals surface area (Å²) in [5.74, 6) is -2.14. The van der Waals surface area contributed by atoms with Gasteiger partial charge in [0.1, 0.15) is 11.6 Å². The zero-order valence-electron chi connectivity index (χ0n) is 22.5. The number of fused-ring (bicyclic) bond motifs is 2. The number of hydrogen-bond acceptors (Lipinski definition) is 3. The molecule has 208 valence electrons. The maximum atomic E-state index is 15.5. The fourth-order valence-corrected chi connectivity index (χ4v) is 5.17. The number of rotatable bonds is 7. The number of nitrogens with one attached hydrogen (secondary N) is 1. The predicted molar refractivity (Wildman–Crippen MR) is 157 cm³/mol. The maximum Gasteiger partial charge on any atom is 0.335 e. The lowest BCUT2D eigenvalue weighted by molar-refractivity contribution is 0.0696. The van der Waals surface area contributed by atoms with Crippen LogP contribution in [0.25, 0.3) is 32.8 Å². The van der Waals surface area contributed by atoms with Crippen LogP contribution in [0.4, 0.5) is 8.78 Å². The van der Waals surface area contributed by atoms with E-state index in [0.717, 1.165) is 16.5 Å². The van der Waals surface area contributed by atoms with Gasteiger partial charge >= 0.3 is 5.97 Å². The van der Waals surface area contributed by atoms with Gasteiger partial charge in [0, 0.05) is 16.3 Å². The van der Waals surface area contributed by atoms with E-state index in [-0.39, 0.29) is 29.6 Å². The quantitative estimate of drug-likeness (QED) is 0.213. The van der Waals surface area contributed by atoms with E-state index in [1.165, 1.54) is 24.3 Å². The van der Waals surface area contributed by atoms with Crippen molar-refractivity contribution in [2.45, 2.75) is 19.5 Å². The highest BCUT2D eigenvalue weighted by atomic mass is 19.1. The van der Waals surface area contributed by atoms with Gasteiger partial charge in [-0.15, -0.1) is 0 Å². The summed E-state index contributed by atoms with van der Waals surface area (Å²) in [6.07, 6.45) is 1.63. The van der Waals surface area contributed by atoms with Crippen LogP contribution in [0.5, 0.6) is 0 Å². The number of amides is 1. The zero-order valence-corrected chi connectivity index (χ0v) is 22.5. The molecule has 0 fully saturated rings. The number of carboxylic acid groups (broad SMARTS) is 1. The number of aromatic carboxylic acids is 1. The number of carboxylic acids is 1. The minimum atomic E-state index is -1.03. The second kappa shape index (κ2) is 10.9. The van der Waals surface area contributed by atoms with Crippen LogP contribution >= 0.6 is 0 Å². The average Bonchev–Trinajstić information content (AvgIpc) is 3.41. The summed E-state index contributed by atoms with van der Waals surface area (Å²) >= 11 is 0. The number of halogens is 2. The Balaban J connectivity index is 1.41. The van der Waals surface area contributed by atoms with Gasteiger partial charge in [-0.05, 0) is 65.4 Å². The molecule has 0 aliphatic heterocycles. The molecule has 6 nitrogen and oxygen atoms in total. The molecular weight excluding hydrogens is 536 g/mol. The molecule has 0 aliphatic carbocycles. The van der Waals surface area contributed by atoms with Crippen LogP contribution in [0.1, 0.15) is 44.8 Å². The van der Waals surface area contributed by atoms with Crippen LogP contribution in [0.15, 0.2) is 103 Å². The zero-order chi connectivity index (χ0) is 29.4. The van der Waals surface area contributed by atoms with Gasteiger partial charge in [-0.25, -0.2) is 13.6 Å². The first-order valence-electron chi connectivity index (χ1n) is 13.3. The first-order chi connectivity index (χ1) is 20.3. The molecule has 0 unspecified atom stereocenters. The van der Waals surface area contributed by atoms with Gasteiger partial charge in [0.15, 0.2) is 0 Å². The van der Waals surface area contributed by atoms with Crippen LogP contribution < -0.4 is 5.32 Å². The average molecular weight is 562 g/mol. The summed E-state index contributed by atoms with van der Waals surface area (Å²) in [4.78, 5) is 25.1. The minimum absolute atomic E-state index is 0.0997. The lowest BCUT2D eigenvalue weighted by Gasteiger charge is -2.17. The van der Waals surface area contributed by atoms with E-state index >= 15 is 4.39 Å². The molecule has 5 aromatic carbocycles. The van der Waals surface area contributed by atoms with Gasteiger partial charge < -0.3 is 10.4 Å². The van der Waals surface area contributed by atoms with Gasteiger partial charge in [-0.3, -0.25) is 9.48 Å². The number of benzene rings is 5. The Bertz CT molecular complexity index is 1970. The van der Waals surface area contributed by atoms with Crippen molar-refractivity contribution in [3.05, 3.63) is 137 Å². The van der Waals surface area contributed by atoms with Gasteiger partial charge in [0.05, 0.1) is 35.4 Å². The van der Waals surface area contributed by atoms with Gasteiger partial charge in [-0.2, -0.15) is 5.10 Å². The Kier molecular flexibility index (Phi) is 6.96. The molecule has 8 heteroatoms. The van der Waals surface area contributed by atoms with E-state index in [1.807, 2.05) is 24.3 Å². The lowest BCUT2D eigenvalue weighted by atomic mass is 9.99. The summed E-state index contributed by atoms with van der Waals surface area (Å²) in [7, 11) is 0. The van der Waals surface area contributed by atoms with Crippen molar-refractivity contribution in [1.29, 1.82) is 0 Å². The van der Waals surface area contributed by atoms with E-state index in [0.29, 0.717) is 33.0 Å². The highest BCUT2D eigenvalue weighted by Gasteiger charge is 2.20. The Hall–Kier alpha value is -5.37. The van der Waals surface area contributed by atoms with Crippen molar-refractivity contribution < 1.29 is 23.5 Å². The molecule has 0 spiro atoms. The van der Waals surface area contributed by atoms with Crippen molar-refractivity contribution in [1.82, 2.24) is 15.1 Å². The van der Waals surface area contributed by atoms with Crippen LogP contribution in [-0.4, -0.2) is 26.8 Å². The Labute approximate surface area is 239 Å². The smallest absolute Gasteiger partial charge is 0.335 e. The van der Waals surface area contributed by atoms with Gasteiger partial charge in [0.2, 0.25) is 0 Å². The fraction of sp³-hybridized carbons (Fsp3) is 0.0882. The van der Waals surface area contributed by atoms with E-state index in [9.17, 15) is 19.1 Å². The van der Waals surface area contributed by atoms with Crippen molar-refractivity contribution in [2.24, 2.45) is 0 Å². The SMILES string of the molecule is C[C@H](NC(=O)c1cc(-c2ccc(F)cc2)cc2cnn(Cc3ccc4ccccc4c3F)c12)c1ccc(C(=O)O)cc1. The van der Waals surface area contributed by atoms with E-state index in [2.05, 4.69) is 10.4 Å².